The van der Waals surface area contributed by atoms with Crippen molar-refractivity contribution in [3.05, 3.63) is 21.0 Å². The molecule has 1 heterocycles. The fraction of sp³-hybridized carbons (Fsp3) is 0.733. The molecule has 2 N–H and O–H groups in total. The highest BCUT2D eigenvalue weighted by Gasteiger charge is 2.25. The average Bonchev–Trinajstić information content (AvgIpc) is 2.41. The van der Waals surface area contributed by atoms with Crippen molar-refractivity contribution in [3.63, 3.8) is 0 Å². The first-order valence-corrected chi connectivity index (χ1v) is 8.43. The summed E-state index contributed by atoms with van der Waals surface area (Å²) in [7, 11) is 0. The van der Waals surface area contributed by atoms with Gasteiger partial charge in [-0.05, 0) is 54.5 Å². The van der Waals surface area contributed by atoms with Gasteiger partial charge in [0.1, 0.15) is 5.69 Å². The smallest absolute Gasteiger partial charge is 0.291 e. The number of nitrogens with one attached hydrogen (secondary N) is 1. The Morgan fingerprint density at radius 2 is 2.29 bits per heavy atom. The number of aliphatic hydroxyl groups is 1. The number of halogens is 1. The molecule has 1 unspecified atom stereocenters. The molecular weight excluding hydrogens is 334 g/mol. The molecule has 1 aliphatic carbocycles. The Morgan fingerprint density at radius 3 is 2.81 bits per heavy atom. The Bertz CT molecular complexity index is 542. The van der Waals surface area contributed by atoms with Gasteiger partial charge < -0.3 is 10.4 Å². The number of rotatable bonds is 7. The highest BCUT2D eigenvalue weighted by Crippen LogP contribution is 2.28. The van der Waals surface area contributed by atoms with E-state index in [9.17, 15) is 9.90 Å². The first kappa shape index (κ1) is 16.5. The van der Waals surface area contributed by atoms with Crippen LogP contribution in [0.5, 0.6) is 0 Å². The Balaban J connectivity index is 2.25. The third-order valence-electron chi connectivity index (χ3n) is 4.52. The van der Waals surface area contributed by atoms with Gasteiger partial charge in [-0.3, -0.25) is 4.79 Å². The van der Waals surface area contributed by atoms with E-state index in [4.69, 9.17) is 0 Å². The molecule has 6 heteroatoms. The van der Waals surface area contributed by atoms with E-state index in [-0.39, 0.29) is 17.7 Å². The fourth-order valence-electron chi connectivity index (χ4n) is 2.51. The number of aliphatic hydroxyl groups excluding tert-OH is 1. The first-order chi connectivity index (χ1) is 9.99. The van der Waals surface area contributed by atoms with Gasteiger partial charge in [-0.1, -0.05) is 13.3 Å². The summed E-state index contributed by atoms with van der Waals surface area (Å²) in [6.45, 7) is 4.86. The summed E-state index contributed by atoms with van der Waals surface area (Å²) in [5.74, 6) is 0.583. The van der Waals surface area contributed by atoms with Crippen LogP contribution >= 0.6 is 15.9 Å². The van der Waals surface area contributed by atoms with Gasteiger partial charge in [-0.15, -0.1) is 0 Å². The number of nitrogens with zero attached hydrogens (tertiary/aromatic N) is 2. The normalized spacial score (nSPS) is 18.1. The van der Waals surface area contributed by atoms with E-state index >= 15 is 0 Å². The summed E-state index contributed by atoms with van der Waals surface area (Å²) in [5.41, 5.74) is 0.155. The molecule has 0 saturated heterocycles. The molecule has 1 aliphatic rings. The quantitative estimate of drug-likeness (QED) is 0.787. The second kappa shape index (κ2) is 6.92. The molecular formula is C15H24BrN3O2. The van der Waals surface area contributed by atoms with Crippen molar-refractivity contribution < 1.29 is 5.11 Å². The van der Waals surface area contributed by atoms with Crippen molar-refractivity contribution in [2.45, 2.75) is 58.0 Å². The van der Waals surface area contributed by atoms with Crippen LogP contribution in [0.2, 0.25) is 0 Å². The maximum Gasteiger partial charge on any atom is 0.291 e. The van der Waals surface area contributed by atoms with Crippen molar-refractivity contribution in [3.8, 4) is 0 Å². The average molecular weight is 358 g/mol. The molecule has 1 fully saturated rings. The van der Waals surface area contributed by atoms with E-state index in [1.165, 1.54) is 19.3 Å². The second-order valence-electron chi connectivity index (χ2n) is 6.16. The highest BCUT2D eigenvalue weighted by atomic mass is 79.9. The van der Waals surface area contributed by atoms with Crippen molar-refractivity contribution in [2.24, 2.45) is 5.92 Å². The molecule has 5 nitrogen and oxygen atoms in total. The third kappa shape index (κ3) is 3.86. The Kier molecular flexibility index (Phi) is 5.43. The van der Waals surface area contributed by atoms with Gasteiger partial charge in [-0.2, -0.15) is 5.10 Å². The van der Waals surface area contributed by atoms with E-state index in [0.717, 1.165) is 6.42 Å². The molecule has 2 rings (SSSR count). The van der Waals surface area contributed by atoms with Crippen LogP contribution in [-0.2, 0) is 6.54 Å². The number of hydrogen-bond donors (Lipinski definition) is 2. The fourth-order valence-corrected chi connectivity index (χ4v) is 2.87. The van der Waals surface area contributed by atoms with Gasteiger partial charge in [0.2, 0.25) is 0 Å². The van der Waals surface area contributed by atoms with Gasteiger partial charge in [-0.25, -0.2) is 4.68 Å². The van der Waals surface area contributed by atoms with E-state index < -0.39 is 0 Å². The predicted octanol–water partition coefficient (Wildman–Crippen LogP) is 2.77. The zero-order valence-corrected chi connectivity index (χ0v) is 14.3. The van der Waals surface area contributed by atoms with E-state index in [1.807, 2.05) is 13.8 Å². The highest BCUT2D eigenvalue weighted by molar-refractivity contribution is 9.10. The largest absolute Gasteiger partial charge is 0.396 e. The van der Waals surface area contributed by atoms with Crippen LogP contribution in [0.25, 0.3) is 0 Å². The van der Waals surface area contributed by atoms with Crippen molar-refractivity contribution in [1.29, 1.82) is 0 Å². The topological polar surface area (TPSA) is 67.2 Å². The minimum atomic E-state index is -0.300. The van der Waals surface area contributed by atoms with Gasteiger partial charge >= 0.3 is 0 Å². The molecule has 1 atom stereocenters. The van der Waals surface area contributed by atoms with Crippen molar-refractivity contribution >= 4 is 21.6 Å². The Labute approximate surface area is 133 Å². The monoisotopic (exact) mass is 357 g/mol. The van der Waals surface area contributed by atoms with Crippen LogP contribution in [0, 0.1) is 5.92 Å². The van der Waals surface area contributed by atoms with Crippen LogP contribution in [0.1, 0.15) is 46.0 Å². The zero-order chi connectivity index (χ0) is 15.5. The van der Waals surface area contributed by atoms with Gasteiger partial charge in [0.25, 0.3) is 5.56 Å². The van der Waals surface area contributed by atoms with Crippen LogP contribution in [0.15, 0.2) is 15.5 Å². The summed E-state index contributed by atoms with van der Waals surface area (Å²) in [5, 5.41) is 16.8. The number of anilines is 1. The van der Waals surface area contributed by atoms with Crippen LogP contribution in [0.4, 0.5) is 5.69 Å². The Hall–Kier alpha value is -0.880. The van der Waals surface area contributed by atoms with Crippen LogP contribution in [-0.4, -0.2) is 27.0 Å². The lowest BCUT2D eigenvalue weighted by Crippen LogP contribution is -2.39. The summed E-state index contributed by atoms with van der Waals surface area (Å²) in [4.78, 5) is 12.6. The van der Waals surface area contributed by atoms with Crippen LogP contribution < -0.4 is 10.9 Å². The predicted molar refractivity (Wildman–Crippen MR) is 87.6 cm³/mol. The first-order valence-electron chi connectivity index (χ1n) is 7.64. The number of aromatic nitrogens is 2. The van der Waals surface area contributed by atoms with Gasteiger partial charge in [0.05, 0.1) is 10.7 Å². The van der Waals surface area contributed by atoms with E-state index in [2.05, 4.69) is 26.3 Å². The molecule has 118 valence electrons. The lowest BCUT2D eigenvalue weighted by atomic mass is 9.85. The minimum Gasteiger partial charge on any atom is -0.396 e. The third-order valence-corrected chi connectivity index (χ3v) is 5.13. The molecule has 0 aliphatic heterocycles. The van der Waals surface area contributed by atoms with Gasteiger partial charge in [0, 0.05) is 18.7 Å². The molecule has 0 spiro atoms. The number of hydrogen-bond acceptors (Lipinski definition) is 4. The molecule has 1 saturated carbocycles. The molecule has 1 aromatic rings. The lowest BCUT2D eigenvalue weighted by molar-refractivity contribution is 0.251. The summed E-state index contributed by atoms with van der Waals surface area (Å²) in [6, 6.07) is 0. The molecule has 1 aromatic heterocycles. The summed E-state index contributed by atoms with van der Waals surface area (Å²) >= 11 is 3.41. The maximum absolute atomic E-state index is 12.6. The van der Waals surface area contributed by atoms with E-state index in [1.54, 1.807) is 10.9 Å². The zero-order valence-electron chi connectivity index (χ0n) is 12.7. The lowest BCUT2D eigenvalue weighted by Gasteiger charge is -2.31. The van der Waals surface area contributed by atoms with E-state index in [0.29, 0.717) is 29.0 Å². The van der Waals surface area contributed by atoms with Crippen molar-refractivity contribution in [2.75, 3.05) is 11.9 Å². The standard InChI is InChI=1S/C15H24BrN3O2/c1-3-15(2,7-8-20)18-13-12(16)9-17-19(14(13)21)10-11-5-4-6-11/h9,11,18,20H,3-8,10H2,1-2H3. The van der Waals surface area contributed by atoms with Gasteiger partial charge in [0.15, 0.2) is 0 Å². The second-order valence-corrected chi connectivity index (χ2v) is 7.02. The summed E-state index contributed by atoms with van der Waals surface area (Å²) < 4.78 is 2.24. The maximum atomic E-state index is 12.6. The molecule has 0 radical (unpaired) electrons. The molecule has 21 heavy (non-hydrogen) atoms. The SMILES string of the molecule is CCC(C)(CCO)Nc1c(Br)cnn(CC2CCC2)c1=O. The van der Waals surface area contributed by atoms with Crippen molar-refractivity contribution in [1.82, 2.24) is 9.78 Å². The summed E-state index contributed by atoms with van der Waals surface area (Å²) in [6.07, 6.45) is 6.72. The molecule has 0 amide bonds. The Morgan fingerprint density at radius 1 is 1.57 bits per heavy atom. The van der Waals surface area contributed by atoms with Crippen LogP contribution in [0.3, 0.4) is 0 Å². The molecule has 0 bridgehead atoms. The minimum absolute atomic E-state index is 0.0890. The molecule has 0 aromatic carbocycles.